The Labute approximate surface area is 96.2 Å². The molecule has 0 heterocycles. The molecule has 1 aliphatic rings. The Balaban J connectivity index is 2.30. The Bertz CT molecular complexity index is 201. The van der Waals surface area contributed by atoms with Crippen molar-refractivity contribution in [3.8, 4) is 0 Å². The topological polar surface area (TPSA) is 49.3 Å². The van der Waals surface area contributed by atoms with Gasteiger partial charge in [-0.15, -0.1) is 11.6 Å². The maximum atomic E-state index is 11.2. The Morgan fingerprint density at radius 2 is 1.87 bits per heavy atom. The fourth-order valence-corrected chi connectivity index (χ4v) is 2.17. The summed E-state index contributed by atoms with van der Waals surface area (Å²) in [4.78, 5) is 11.2. The molecule has 0 atom stereocenters. The van der Waals surface area contributed by atoms with Crippen molar-refractivity contribution >= 4 is 17.5 Å². The van der Waals surface area contributed by atoms with E-state index in [0.29, 0.717) is 18.8 Å². The molecule has 88 valence electrons. The second-order valence-electron chi connectivity index (χ2n) is 4.35. The van der Waals surface area contributed by atoms with E-state index in [1.165, 1.54) is 12.8 Å². The zero-order valence-electron chi connectivity index (χ0n) is 9.10. The number of carbonyl (C=O) groups excluding carboxylic acids is 1. The standard InChI is InChI=1S/C11H20ClNO2/c12-8-5-10(14)13-9-11(15)6-3-1-2-4-7-11/h15H,1-9H2,(H,13,14). The van der Waals surface area contributed by atoms with Crippen LogP contribution >= 0.6 is 11.6 Å². The van der Waals surface area contributed by atoms with Crippen molar-refractivity contribution < 1.29 is 9.90 Å². The number of aliphatic hydroxyl groups is 1. The monoisotopic (exact) mass is 233 g/mol. The van der Waals surface area contributed by atoms with Gasteiger partial charge in [0.25, 0.3) is 0 Å². The number of rotatable bonds is 4. The lowest BCUT2D eigenvalue weighted by atomic mass is 9.94. The largest absolute Gasteiger partial charge is 0.388 e. The van der Waals surface area contributed by atoms with Crippen LogP contribution in [0.25, 0.3) is 0 Å². The summed E-state index contributed by atoms with van der Waals surface area (Å²) in [7, 11) is 0. The molecule has 1 amide bonds. The minimum atomic E-state index is -0.682. The first-order valence-electron chi connectivity index (χ1n) is 5.71. The van der Waals surface area contributed by atoms with E-state index in [9.17, 15) is 9.90 Å². The van der Waals surface area contributed by atoms with E-state index in [1.54, 1.807) is 0 Å². The fraction of sp³-hybridized carbons (Fsp3) is 0.909. The molecule has 0 bridgehead atoms. The number of amides is 1. The van der Waals surface area contributed by atoms with Crippen LogP contribution in [-0.4, -0.2) is 29.0 Å². The molecule has 1 rings (SSSR count). The van der Waals surface area contributed by atoms with Gasteiger partial charge in [-0.05, 0) is 12.8 Å². The van der Waals surface area contributed by atoms with Crippen molar-refractivity contribution in [1.29, 1.82) is 0 Å². The molecule has 1 aliphatic carbocycles. The summed E-state index contributed by atoms with van der Waals surface area (Å²) < 4.78 is 0. The molecule has 3 nitrogen and oxygen atoms in total. The minimum absolute atomic E-state index is 0.0670. The van der Waals surface area contributed by atoms with Crippen LogP contribution in [0.5, 0.6) is 0 Å². The number of nitrogens with one attached hydrogen (secondary N) is 1. The van der Waals surface area contributed by atoms with Crippen LogP contribution in [0, 0.1) is 0 Å². The van der Waals surface area contributed by atoms with Crippen LogP contribution in [0.1, 0.15) is 44.9 Å². The second-order valence-corrected chi connectivity index (χ2v) is 4.73. The highest BCUT2D eigenvalue weighted by Crippen LogP contribution is 2.26. The summed E-state index contributed by atoms with van der Waals surface area (Å²) in [6.07, 6.45) is 6.43. The highest BCUT2D eigenvalue weighted by atomic mass is 35.5. The summed E-state index contributed by atoms with van der Waals surface area (Å²) in [6, 6.07) is 0. The first-order valence-corrected chi connectivity index (χ1v) is 6.25. The molecule has 0 aliphatic heterocycles. The summed E-state index contributed by atoms with van der Waals surface area (Å²) in [6.45, 7) is 0.378. The van der Waals surface area contributed by atoms with Crippen LogP contribution in [0.15, 0.2) is 0 Å². The van der Waals surface area contributed by atoms with Crippen molar-refractivity contribution in [2.75, 3.05) is 12.4 Å². The van der Waals surface area contributed by atoms with Gasteiger partial charge in [0.1, 0.15) is 0 Å². The van der Waals surface area contributed by atoms with Crippen LogP contribution in [-0.2, 0) is 4.79 Å². The summed E-state index contributed by atoms with van der Waals surface area (Å²) >= 11 is 5.46. The molecule has 0 radical (unpaired) electrons. The van der Waals surface area contributed by atoms with Gasteiger partial charge in [-0.2, -0.15) is 0 Å². The number of hydrogen-bond donors (Lipinski definition) is 2. The fourth-order valence-electron chi connectivity index (χ4n) is 2.00. The highest BCUT2D eigenvalue weighted by Gasteiger charge is 2.28. The first-order chi connectivity index (χ1) is 7.16. The summed E-state index contributed by atoms with van der Waals surface area (Å²) in [5.74, 6) is 0.271. The third kappa shape index (κ3) is 4.85. The van der Waals surface area contributed by atoms with Crippen molar-refractivity contribution in [1.82, 2.24) is 5.32 Å². The van der Waals surface area contributed by atoms with E-state index in [4.69, 9.17) is 11.6 Å². The number of alkyl halides is 1. The molecule has 0 unspecified atom stereocenters. The molecule has 0 aromatic carbocycles. The van der Waals surface area contributed by atoms with Gasteiger partial charge >= 0.3 is 0 Å². The number of hydrogen-bond acceptors (Lipinski definition) is 2. The predicted octanol–water partition coefficient (Wildman–Crippen LogP) is 1.82. The Morgan fingerprint density at radius 1 is 1.27 bits per heavy atom. The third-order valence-corrected chi connectivity index (χ3v) is 3.16. The van der Waals surface area contributed by atoms with Gasteiger partial charge in [-0.3, -0.25) is 4.79 Å². The van der Waals surface area contributed by atoms with Crippen LogP contribution < -0.4 is 5.32 Å². The predicted molar refractivity (Wildman–Crippen MR) is 61.0 cm³/mol. The van der Waals surface area contributed by atoms with Crippen LogP contribution in [0.4, 0.5) is 0 Å². The van der Waals surface area contributed by atoms with Gasteiger partial charge in [0.05, 0.1) is 5.60 Å². The molecule has 2 N–H and O–H groups in total. The molecule has 0 spiro atoms. The van der Waals surface area contributed by atoms with Crippen molar-refractivity contribution in [2.24, 2.45) is 0 Å². The minimum Gasteiger partial charge on any atom is -0.388 e. The average molecular weight is 234 g/mol. The van der Waals surface area contributed by atoms with Crippen LogP contribution in [0.2, 0.25) is 0 Å². The van der Waals surface area contributed by atoms with Crippen LogP contribution in [0.3, 0.4) is 0 Å². The lowest BCUT2D eigenvalue weighted by Gasteiger charge is -2.26. The van der Waals surface area contributed by atoms with E-state index in [1.807, 2.05) is 0 Å². The molecular weight excluding hydrogens is 214 g/mol. The third-order valence-electron chi connectivity index (χ3n) is 2.97. The number of halogens is 1. The molecule has 1 saturated carbocycles. The molecule has 1 fully saturated rings. The Kier molecular flexibility index (Phi) is 5.40. The normalized spacial score (nSPS) is 20.7. The van der Waals surface area contributed by atoms with E-state index < -0.39 is 5.60 Å². The highest BCUT2D eigenvalue weighted by molar-refractivity contribution is 6.18. The summed E-state index contributed by atoms with van der Waals surface area (Å²) in [5, 5.41) is 13.0. The van der Waals surface area contributed by atoms with E-state index >= 15 is 0 Å². The van der Waals surface area contributed by atoms with Gasteiger partial charge in [-0.1, -0.05) is 25.7 Å². The van der Waals surface area contributed by atoms with Gasteiger partial charge in [-0.25, -0.2) is 0 Å². The molecular formula is C11H20ClNO2. The molecule has 0 aromatic rings. The van der Waals surface area contributed by atoms with Gasteiger partial charge in [0.15, 0.2) is 0 Å². The SMILES string of the molecule is O=C(CCCl)NCC1(O)CCCCCC1. The van der Waals surface area contributed by atoms with Crippen molar-refractivity contribution in [2.45, 2.75) is 50.5 Å². The van der Waals surface area contributed by atoms with Gasteiger partial charge in [0.2, 0.25) is 5.91 Å². The first kappa shape index (κ1) is 12.8. The van der Waals surface area contributed by atoms with Crippen molar-refractivity contribution in [3.63, 3.8) is 0 Å². The maximum Gasteiger partial charge on any atom is 0.221 e. The second kappa shape index (κ2) is 6.33. The summed E-state index contributed by atoms with van der Waals surface area (Å²) in [5.41, 5.74) is -0.682. The van der Waals surface area contributed by atoms with E-state index in [0.717, 1.165) is 25.7 Å². The lowest BCUT2D eigenvalue weighted by molar-refractivity contribution is -0.122. The average Bonchev–Trinajstić information content (AvgIpc) is 2.42. The molecule has 0 aromatic heterocycles. The van der Waals surface area contributed by atoms with Gasteiger partial charge < -0.3 is 10.4 Å². The zero-order valence-corrected chi connectivity index (χ0v) is 9.85. The zero-order chi connectivity index (χ0) is 11.1. The van der Waals surface area contributed by atoms with E-state index in [-0.39, 0.29) is 5.91 Å². The Hall–Kier alpha value is -0.280. The maximum absolute atomic E-state index is 11.2. The quantitative estimate of drug-likeness (QED) is 0.575. The van der Waals surface area contributed by atoms with E-state index in [2.05, 4.69) is 5.32 Å². The number of carbonyl (C=O) groups is 1. The Morgan fingerprint density at radius 3 is 2.40 bits per heavy atom. The van der Waals surface area contributed by atoms with Gasteiger partial charge in [0, 0.05) is 18.8 Å². The lowest BCUT2D eigenvalue weighted by Crippen LogP contribution is -2.42. The van der Waals surface area contributed by atoms with Crippen molar-refractivity contribution in [3.05, 3.63) is 0 Å². The molecule has 0 saturated heterocycles. The molecule has 15 heavy (non-hydrogen) atoms. The smallest absolute Gasteiger partial charge is 0.221 e. The molecule has 4 heteroatoms.